The second-order valence-electron chi connectivity index (χ2n) is 14.2. The second-order valence-corrected chi connectivity index (χ2v) is 14.2. The van der Waals surface area contributed by atoms with Gasteiger partial charge < -0.3 is 14.0 Å². The Hall–Kier alpha value is -7.36. The Morgan fingerprint density at radius 1 is 0.291 bits per heavy atom. The number of fused-ring (bicyclic) bond motifs is 8. The average Bonchev–Trinajstić information content (AvgIpc) is 3.78. The minimum atomic E-state index is 1.10. The van der Waals surface area contributed by atoms with Crippen LogP contribution < -0.4 is 4.90 Å². The van der Waals surface area contributed by atoms with E-state index in [-0.39, 0.29) is 0 Å². The first-order valence-electron chi connectivity index (χ1n) is 18.9. The van der Waals surface area contributed by atoms with Crippen LogP contribution in [0.5, 0.6) is 0 Å². The largest absolute Gasteiger partial charge is 0.310 e. The Morgan fingerprint density at radius 2 is 0.782 bits per heavy atom. The van der Waals surface area contributed by atoms with Crippen molar-refractivity contribution in [1.82, 2.24) is 9.13 Å². The maximum atomic E-state index is 2.42. The van der Waals surface area contributed by atoms with Crippen molar-refractivity contribution in [3.63, 3.8) is 0 Å². The maximum absolute atomic E-state index is 2.42. The van der Waals surface area contributed by atoms with Gasteiger partial charge in [0.1, 0.15) is 0 Å². The van der Waals surface area contributed by atoms with Gasteiger partial charge in [-0.3, -0.25) is 0 Å². The summed E-state index contributed by atoms with van der Waals surface area (Å²) in [5, 5.41) is 7.39. The number of benzene rings is 9. The summed E-state index contributed by atoms with van der Waals surface area (Å²) >= 11 is 0. The lowest BCUT2D eigenvalue weighted by Gasteiger charge is -2.26. The molecule has 0 aliphatic carbocycles. The molecule has 0 aliphatic rings. The van der Waals surface area contributed by atoms with Crippen LogP contribution in [0.1, 0.15) is 0 Å². The van der Waals surface area contributed by atoms with E-state index in [4.69, 9.17) is 0 Å². The predicted molar refractivity (Wildman–Crippen MR) is 233 cm³/mol. The fraction of sp³-hybridized carbons (Fsp3) is 0. The number of hydrogen-bond donors (Lipinski definition) is 0. The van der Waals surface area contributed by atoms with Crippen LogP contribution in [0.25, 0.3) is 76.9 Å². The highest BCUT2D eigenvalue weighted by Crippen LogP contribution is 2.43. The summed E-state index contributed by atoms with van der Waals surface area (Å²) in [6.45, 7) is 0. The van der Waals surface area contributed by atoms with Crippen molar-refractivity contribution >= 4 is 71.4 Å². The summed E-state index contributed by atoms with van der Waals surface area (Å²) in [7, 11) is 0. The molecule has 0 radical (unpaired) electrons. The third kappa shape index (κ3) is 5.05. The molecule has 0 bridgehead atoms. The molecule has 0 spiro atoms. The summed E-state index contributed by atoms with van der Waals surface area (Å²) in [5.41, 5.74) is 12.9. The Morgan fingerprint density at radius 3 is 1.49 bits per heavy atom. The molecule has 55 heavy (non-hydrogen) atoms. The maximum Gasteiger partial charge on any atom is 0.0619 e. The number of para-hydroxylation sites is 4. The van der Waals surface area contributed by atoms with Crippen molar-refractivity contribution in [3.8, 4) is 22.5 Å². The van der Waals surface area contributed by atoms with Crippen molar-refractivity contribution in [2.45, 2.75) is 0 Å². The van der Waals surface area contributed by atoms with Crippen LogP contribution in [0, 0.1) is 0 Å². The van der Waals surface area contributed by atoms with Crippen LogP contribution in [0.4, 0.5) is 17.1 Å². The average molecular weight is 702 g/mol. The lowest BCUT2D eigenvalue weighted by Crippen LogP contribution is -2.10. The van der Waals surface area contributed by atoms with E-state index in [1.54, 1.807) is 0 Å². The minimum Gasteiger partial charge on any atom is -0.310 e. The molecule has 9 aromatic carbocycles. The lowest BCUT2D eigenvalue weighted by molar-refractivity contribution is 1.18. The van der Waals surface area contributed by atoms with Gasteiger partial charge in [-0.1, -0.05) is 133 Å². The quantitative estimate of drug-likeness (QED) is 0.168. The van der Waals surface area contributed by atoms with Crippen LogP contribution in [0.2, 0.25) is 0 Å². The number of nitrogens with zero attached hydrogens (tertiary/aromatic N) is 3. The first-order chi connectivity index (χ1) is 27.3. The number of aromatic nitrogens is 2. The topological polar surface area (TPSA) is 13.1 Å². The van der Waals surface area contributed by atoms with Crippen LogP contribution in [0.15, 0.2) is 212 Å². The molecule has 2 aromatic heterocycles. The lowest BCUT2D eigenvalue weighted by atomic mass is 10.0. The van der Waals surface area contributed by atoms with Crippen molar-refractivity contribution in [3.05, 3.63) is 212 Å². The van der Waals surface area contributed by atoms with Gasteiger partial charge in [0.15, 0.2) is 0 Å². The van der Waals surface area contributed by atoms with E-state index < -0.39 is 0 Å². The SMILES string of the molecule is c1ccc(-c2ccc(N(c3ccc4c(ccc5c6ccccc6n(-c6ccccc6)c45)c3)c3ccc4c(c3)c3ccccc3n4-c3ccccc3)cc2)cc1. The van der Waals surface area contributed by atoms with Gasteiger partial charge in [-0.25, -0.2) is 0 Å². The van der Waals surface area contributed by atoms with Crippen LogP contribution in [0.3, 0.4) is 0 Å². The summed E-state index contributed by atoms with van der Waals surface area (Å²) < 4.78 is 4.80. The zero-order valence-corrected chi connectivity index (χ0v) is 30.0. The van der Waals surface area contributed by atoms with Crippen LogP contribution in [-0.2, 0) is 0 Å². The van der Waals surface area contributed by atoms with E-state index in [9.17, 15) is 0 Å². The molecule has 0 N–H and O–H groups in total. The first-order valence-corrected chi connectivity index (χ1v) is 18.9. The molecular weight excluding hydrogens is 667 g/mol. The van der Waals surface area contributed by atoms with E-state index in [1.807, 2.05) is 0 Å². The summed E-state index contributed by atoms with van der Waals surface area (Å²) in [4.78, 5) is 2.40. The van der Waals surface area contributed by atoms with E-state index >= 15 is 0 Å². The molecule has 3 nitrogen and oxygen atoms in total. The zero-order valence-electron chi connectivity index (χ0n) is 30.0. The third-order valence-electron chi connectivity index (χ3n) is 11.1. The second kappa shape index (κ2) is 12.6. The molecule has 0 unspecified atom stereocenters. The standard InChI is InChI=1S/C52H35N3/c1-4-14-36(15-5-1)37-24-27-41(28-25-37)53(43-30-33-51-48(35-43)46-21-11-12-22-49(46)54(51)39-16-6-2-7-17-39)42-29-32-44-38(34-42)26-31-47-45-20-10-13-23-50(45)55(52(44)47)40-18-8-3-9-19-40/h1-35H. The van der Waals surface area contributed by atoms with Crippen molar-refractivity contribution in [1.29, 1.82) is 0 Å². The van der Waals surface area contributed by atoms with Gasteiger partial charge in [-0.2, -0.15) is 0 Å². The summed E-state index contributed by atoms with van der Waals surface area (Å²) in [6.07, 6.45) is 0. The highest BCUT2D eigenvalue weighted by atomic mass is 15.1. The number of anilines is 3. The van der Waals surface area contributed by atoms with E-state index in [2.05, 4.69) is 226 Å². The van der Waals surface area contributed by atoms with Gasteiger partial charge in [-0.15, -0.1) is 0 Å². The zero-order chi connectivity index (χ0) is 36.3. The number of hydrogen-bond acceptors (Lipinski definition) is 1. The smallest absolute Gasteiger partial charge is 0.0619 e. The predicted octanol–water partition coefficient (Wildman–Crippen LogP) is 14.2. The molecule has 0 saturated carbocycles. The third-order valence-corrected chi connectivity index (χ3v) is 11.1. The van der Waals surface area contributed by atoms with Gasteiger partial charge in [0.2, 0.25) is 0 Å². The van der Waals surface area contributed by atoms with Gasteiger partial charge >= 0.3 is 0 Å². The normalized spacial score (nSPS) is 11.6. The monoisotopic (exact) mass is 701 g/mol. The molecular formula is C52H35N3. The van der Waals surface area contributed by atoms with E-state index in [0.717, 1.165) is 28.4 Å². The molecule has 0 aliphatic heterocycles. The first kappa shape index (κ1) is 31.2. The highest BCUT2D eigenvalue weighted by Gasteiger charge is 2.20. The van der Waals surface area contributed by atoms with Crippen molar-refractivity contribution in [2.75, 3.05) is 4.90 Å². The van der Waals surface area contributed by atoms with Crippen LogP contribution >= 0.6 is 0 Å². The Balaban J connectivity index is 1.13. The molecule has 0 fully saturated rings. The molecule has 11 rings (SSSR count). The van der Waals surface area contributed by atoms with Gasteiger partial charge in [-0.05, 0) is 95.4 Å². The Bertz CT molecular complexity index is 3180. The molecule has 0 atom stereocenters. The molecule has 2 heterocycles. The molecule has 0 amide bonds. The Kier molecular flexibility index (Phi) is 7.17. The summed E-state index contributed by atoms with van der Waals surface area (Å²) in [5.74, 6) is 0. The van der Waals surface area contributed by atoms with Gasteiger partial charge in [0, 0.05) is 55.4 Å². The fourth-order valence-corrected chi connectivity index (χ4v) is 8.60. The van der Waals surface area contributed by atoms with Gasteiger partial charge in [0.05, 0.1) is 22.1 Å². The van der Waals surface area contributed by atoms with E-state index in [0.29, 0.717) is 0 Å². The van der Waals surface area contributed by atoms with Crippen molar-refractivity contribution in [2.24, 2.45) is 0 Å². The molecule has 11 aromatic rings. The molecule has 0 saturated heterocycles. The Labute approximate surface area is 319 Å². The van der Waals surface area contributed by atoms with E-state index in [1.165, 1.54) is 65.5 Å². The number of rotatable bonds is 6. The fourth-order valence-electron chi connectivity index (χ4n) is 8.60. The van der Waals surface area contributed by atoms with Crippen LogP contribution in [-0.4, -0.2) is 9.13 Å². The minimum absolute atomic E-state index is 1.10. The molecule has 258 valence electrons. The molecule has 3 heteroatoms. The van der Waals surface area contributed by atoms with Crippen molar-refractivity contribution < 1.29 is 0 Å². The summed E-state index contributed by atoms with van der Waals surface area (Å²) in [6, 6.07) is 76.9. The highest BCUT2D eigenvalue weighted by molar-refractivity contribution is 6.19. The van der Waals surface area contributed by atoms with Gasteiger partial charge in [0.25, 0.3) is 0 Å².